The lowest BCUT2D eigenvalue weighted by Crippen LogP contribution is -2.42. The molecule has 2 N–H and O–H groups in total. The van der Waals surface area contributed by atoms with Gasteiger partial charge < -0.3 is 15.4 Å². The molecular formula is C17H24Cl2N2O2. The van der Waals surface area contributed by atoms with Crippen LogP contribution in [0.1, 0.15) is 43.8 Å². The third-order valence-electron chi connectivity index (χ3n) is 4.08. The molecule has 1 aliphatic heterocycles. The number of nitrogens with two attached hydrogens (primary N) is 1. The van der Waals surface area contributed by atoms with E-state index < -0.39 is 0 Å². The number of carbonyl (C=O) groups excluding carboxylic acids is 1. The van der Waals surface area contributed by atoms with Crippen LogP contribution in [0.25, 0.3) is 0 Å². The van der Waals surface area contributed by atoms with Gasteiger partial charge in [0.25, 0.3) is 0 Å². The standard InChI is InChI=1S/C17H24Cl2N2O2/c18-14-7-6-13(11-15(14)19)16-12-21(9-10-23-16)17(22)5-3-1-2-4-8-20/h6-7,11,16H,1-5,8-10,12,20H2. The van der Waals surface area contributed by atoms with Crippen LogP contribution in [0.4, 0.5) is 0 Å². The second kappa shape index (κ2) is 9.48. The lowest BCUT2D eigenvalue weighted by molar-refractivity contribution is -0.139. The summed E-state index contributed by atoms with van der Waals surface area (Å²) in [6.07, 6.45) is 4.57. The fraction of sp³-hybridized carbons (Fsp3) is 0.588. The van der Waals surface area contributed by atoms with Crippen LogP contribution in [-0.4, -0.2) is 37.0 Å². The van der Waals surface area contributed by atoms with Crippen molar-refractivity contribution < 1.29 is 9.53 Å². The Labute approximate surface area is 147 Å². The largest absolute Gasteiger partial charge is 0.370 e. The molecule has 1 atom stereocenters. The van der Waals surface area contributed by atoms with E-state index in [4.69, 9.17) is 33.7 Å². The lowest BCUT2D eigenvalue weighted by Gasteiger charge is -2.33. The summed E-state index contributed by atoms with van der Waals surface area (Å²) in [6.45, 7) is 2.49. The van der Waals surface area contributed by atoms with E-state index in [9.17, 15) is 4.79 Å². The Balaban J connectivity index is 1.85. The number of hydrogen-bond acceptors (Lipinski definition) is 3. The Morgan fingerprint density at radius 2 is 2.00 bits per heavy atom. The molecule has 0 radical (unpaired) electrons. The van der Waals surface area contributed by atoms with Crippen molar-refractivity contribution in [2.45, 2.75) is 38.2 Å². The molecule has 4 nitrogen and oxygen atoms in total. The van der Waals surface area contributed by atoms with Crippen molar-refractivity contribution >= 4 is 29.1 Å². The summed E-state index contributed by atoms with van der Waals surface area (Å²) in [5, 5.41) is 1.03. The number of carbonyl (C=O) groups is 1. The minimum absolute atomic E-state index is 0.139. The van der Waals surface area contributed by atoms with Crippen molar-refractivity contribution in [1.29, 1.82) is 0 Å². The number of hydrogen-bond donors (Lipinski definition) is 1. The predicted octanol–water partition coefficient (Wildman–Crippen LogP) is 3.80. The number of nitrogens with zero attached hydrogens (tertiary/aromatic N) is 1. The maximum Gasteiger partial charge on any atom is 0.222 e. The van der Waals surface area contributed by atoms with E-state index in [-0.39, 0.29) is 12.0 Å². The van der Waals surface area contributed by atoms with Gasteiger partial charge in [-0.05, 0) is 37.1 Å². The summed E-state index contributed by atoms with van der Waals surface area (Å²) in [5.74, 6) is 0.200. The van der Waals surface area contributed by atoms with Crippen LogP contribution in [-0.2, 0) is 9.53 Å². The van der Waals surface area contributed by atoms with Crippen LogP contribution in [0, 0.1) is 0 Å². The third-order valence-corrected chi connectivity index (χ3v) is 4.82. The monoisotopic (exact) mass is 358 g/mol. The molecule has 1 aromatic carbocycles. The van der Waals surface area contributed by atoms with Gasteiger partial charge in [-0.1, -0.05) is 42.1 Å². The number of unbranched alkanes of at least 4 members (excludes halogenated alkanes) is 3. The Bertz CT molecular complexity index is 525. The van der Waals surface area contributed by atoms with Gasteiger partial charge in [-0.15, -0.1) is 0 Å². The van der Waals surface area contributed by atoms with Gasteiger partial charge in [-0.3, -0.25) is 4.79 Å². The first-order valence-electron chi connectivity index (χ1n) is 8.16. The quantitative estimate of drug-likeness (QED) is 0.754. The minimum atomic E-state index is -0.139. The van der Waals surface area contributed by atoms with Crippen molar-refractivity contribution in [3.05, 3.63) is 33.8 Å². The fourth-order valence-corrected chi connectivity index (χ4v) is 3.03. The summed E-state index contributed by atoms with van der Waals surface area (Å²) in [6, 6.07) is 5.48. The molecule has 1 fully saturated rings. The van der Waals surface area contributed by atoms with Gasteiger partial charge in [0.05, 0.1) is 23.2 Å². The summed E-state index contributed by atoms with van der Waals surface area (Å²) >= 11 is 12.0. The Hall–Kier alpha value is -0.810. The smallest absolute Gasteiger partial charge is 0.222 e. The van der Waals surface area contributed by atoms with Gasteiger partial charge in [0.2, 0.25) is 5.91 Å². The Morgan fingerprint density at radius 1 is 1.22 bits per heavy atom. The van der Waals surface area contributed by atoms with Crippen molar-refractivity contribution in [3.8, 4) is 0 Å². The molecule has 0 aliphatic carbocycles. The molecular weight excluding hydrogens is 335 g/mol. The molecule has 0 saturated carbocycles. The van der Waals surface area contributed by atoms with Crippen LogP contribution in [0.15, 0.2) is 18.2 Å². The highest BCUT2D eigenvalue weighted by Gasteiger charge is 2.25. The molecule has 23 heavy (non-hydrogen) atoms. The van der Waals surface area contributed by atoms with Gasteiger partial charge >= 0.3 is 0 Å². The first-order valence-corrected chi connectivity index (χ1v) is 8.92. The predicted molar refractivity (Wildman–Crippen MR) is 93.9 cm³/mol. The van der Waals surface area contributed by atoms with Crippen molar-refractivity contribution in [1.82, 2.24) is 4.90 Å². The highest BCUT2D eigenvalue weighted by molar-refractivity contribution is 6.42. The van der Waals surface area contributed by atoms with E-state index in [1.54, 1.807) is 6.07 Å². The average molecular weight is 359 g/mol. The lowest BCUT2D eigenvalue weighted by atomic mass is 10.1. The number of halogens is 2. The van der Waals surface area contributed by atoms with Crippen LogP contribution >= 0.6 is 23.2 Å². The normalized spacial score (nSPS) is 18.2. The zero-order valence-corrected chi connectivity index (χ0v) is 14.8. The minimum Gasteiger partial charge on any atom is -0.370 e. The van der Waals surface area contributed by atoms with Gasteiger partial charge in [0.15, 0.2) is 0 Å². The molecule has 2 rings (SSSR count). The van der Waals surface area contributed by atoms with E-state index in [0.29, 0.717) is 36.2 Å². The summed E-state index contributed by atoms with van der Waals surface area (Å²) < 4.78 is 5.79. The van der Waals surface area contributed by atoms with Crippen LogP contribution in [0.2, 0.25) is 10.0 Å². The fourth-order valence-electron chi connectivity index (χ4n) is 2.72. The Morgan fingerprint density at radius 3 is 2.74 bits per heavy atom. The van der Waals surface area contributed by atoms with E-state index in [2.05, 4.69) is 0 Å². The highest BCUT2D eigenvalue weighted by atomic mass is 35.5. The van der Waals surface area contributed by atoms with Gasteiger partial charge in [0, 0.05) is 13.0 Å². The maximum absolute atomic E-state index is 12.3. The number of morpholine rings is 1. The van der Waals surface area contributed by atoms with Gasteiger partial charge in [0.1, 0.15) is 6.10 Å². The number of ether oxygens (including phenoxy) is 1. The molecule has 128 valence electrons. The maximum atomic E-state index is 12.3. The number of benzene rings is 1. The molecule has 1 amide bonds. The Kier molecular flexibility index (Phi) is 7.63. The first-order chi connectivity index (χ1) is 11.1. The molecule has 1 saturated heterocycles. The second-order valence-electron chi connectivity index (χ2n) is 5.83. The van der Waals surface area contributed by atoms with Crippen LogP contribution in [0.5, 0.6) is 0 Å². The van der Waals surface area contributed by atoms with E-state index in [0.717, 1.165) is 37.8 Å². The SMILES string of the molecule is NCCCCCCC(=O)N1CCOC(c2ccc(Cl)c(Cl)c2)C1. The average Bonchev–Trinajstić information content (AvgIpc) is 2.57. The van der Waals surface area contributed by atoms with Crippen molar-refractivity contribution in [2.75, 3.05) is 26.2 Å². The number of amides is 1. The molecule has 6 heteroatoms. The first kappa shape index (κ1) is 18.5. The second-order valence-corrected chi connectivity index (χ2v) is 6.64. The van der Waals surface area contributed by atoms with Crippen LogP contribution < -0.4 is 5.73 Å². The molecule has 1 aliphatic rings. The van der Waals surface area contributed by atoms with Crippen LogP contribution in [0.3, 0.4) is 0 Å². The van der Waals surface area contributed by atoms with Crippen molar-refractivity contribution in [3.63, 3.8) is 0 Å². The zero-order chi connectivity index (χ0) is 16.7. The highest BCUT2D eigenvalue weighted by Crippen LogP contribution is 2.29. The molecule has 0 spiro atoms. The molecule has 0 aromatic heterocycles. The van der Waals surface area contributed by atoms with E-state index >= 15 is 0 Å². The molecule has 1 heterocycles. The molecule has 1 aromatic rings. The number of rotatable bonds is 7. The topological polar surface area (TPSA) is 55.6 Å². The van der Waals surface area contributed by atoms with Gasteiger partial charge in [-0.25, -0.2) is 0 Å². The van der Waals surface area contributed by atoms with Gasteiger partial charge in [-0.2, -0.15) is 0 Å². The van der Waals surface area contributed by atoms with Crippen molar-refractivity contribution in [2.24, 2.45) is 5.73 Å². The third kappa shape index (κ3) is 5.64. The summed E-state index contributed by atoms with van der Waals surface area (Å²) in [7, 11) is 0. The summed E-state index contributed by atoms with van der Waals surface area (Å²) in [4.78, 5) is 14.2. The molecule has 0 bridgehead atoms. The van der Waals surface area contributed by atoms with E-state index in [1.807, 2.05) is 17.0 Å². The molecule has 1 unspecified atom stereocenters. The van der Waals surface area contributed by atoms with E-state index in [1.165, 1.54) is 0 Å². The summed E-state index contributed by atoms with van der Waals surface area (Å²) in [5.41, 5.74) is 6.43. The zero-order valence-electron chi connectivity index (χ0n) is 13.3.